The maximum Gasteiger partial charge on any atom is 0.337 e. The van der Waals surface area contributed by atoms with Crippen molar-refractivity contribution < 1.29 is 14.3 Å². The summed E-state index contributed by atoms with van der Waals surface area (Å²) in [6, 6.07) is 16.2. The quantitative estimate of drug-likeness (QED) is 0.594. The van der Waals surface area contributed by atoms with Crippen LogP contribution in [0.1, 0.15) is 26.3 Å². The molecule has 5 heteroatoms. The van der Waals surface area contributed by atoms with Crippen LogP contribution in [0.25, 0.3) is 0 Å². The maximum atomic E-state index is 12.7. The van der Waals surface area contributed by atoms with E-state index in [0.29, 0.717) is 17.5 Å². The molecule has 0 radical (unpaired) electrons. The van der Waals surface area contributed by atoms with Gasteiger partial charge < -0.3 is 4.74 Å². The molecule has 2 aromatic rings. The molecule has 0 spiro atoms. The van der Waals surface area contributed by atoms with Gasteiger partial charge in [-0.3, -0.25) is 9.69 Å². The van der Waals surface area contributed by atoms with Gasteiger partial charge in [-0.15, -0.1) is 12.4 Å². The first-order chi connectivity index (χ1) is 11.0. The molecule has 0 saturated carbocycles. The Morgan fingerprint density at radius 1 is 0.958 bits per heavy atom. The summed E-state index contributed by atoms with van der Waals surface area (Å²) < 4.78 is 4.69. The number of hydrogen-bond acceptors (Lipinski definition) is 4. The molecule has 0 amide bonds. The number of hydrogen-bond donors (Lipinski definition) is 0. The molecule has 0 saturated heterocycles. The van der Waals surface area contributed by atoms with Crippen LogP contribution in [0, 0.1) is 0 Å². The van der Waals surface area contributed by atoms with Gasteiger partial charge in [0, 0.05) is 5.56 Å². The number of ketones is 1. The first kappa shape index (κ1) is 19.9. The molecular formula is C19H22ClNO3. The fourth-order valence-electron chi connectivity index (χ4n) is 2.42. The molecule has 0 fully saturated rings. The molecule has 0 aromatic heterocycles. The van der Waals surface area contributed by atoms with E-state index in [1.807, 2.05) is 61.5 Å². The van der Waals surface area contributed by atoms with Gasteiger partial charge in [-0.2, -0.15) is 0 Å². The summed E-state index contributed by atoms with van der Waals surface area (Å²) in [5.41, 5.74) is 2.21. The van der Waals surface area contributed by atoms with E-state index in [-0.39, 0.29) is 30.2 Å². The van der Waals surface area contributed by atoms with E-state index in [0.717, 1.165) is 5.56 Å². The van der Waals surface area contributed by atoms with Crippen molar-refractivity contribution in [3.05, 3.63) is 71.3 Å². The number of likely N-dealkylation sites (N-methyl/N-ethyl adjacent to an activating group) is 1. The minimum absolute atomic E-state index is 0. The van der Waals surface area contributed by atoms with E-state index < -0.39 is 0 Å². The molecule has 128 valence electrons. The van der Waals surface area contributed by atoms with Crippen molar-refractivity contribution in [3.63, 3.8) is 0 Å². The van der Waals surface area contributed by atoms with Gasteiger partial charge in [0.2, 0.25) is 0 Å². The van der Waals surface area contributed by atoms with Gasteiger partial charge in [0.15, 0.2) is 5.78 Å². The SMILES string of the molecule is COC(=O)c1ccc(CC(C(=O)c2ccccc2)N(C)C)cc1.Cl. The molecule has 2 rings (SSSR count). The number of carbonyl (C=O) groups excluding carboxylic acids is 2. The highest BCUT2D eigenvalue weighted by Gasteiger charge is 2.22. The van der Waals surface area contributed by atoms with Crippen molar-refractivity contribution in [2.45, 2.75) is 12.5 Å². The first-order valence-corrected chi connectivity index (χ1v) is 7.46. The average molecular weight is 348 g/mol. The Hall–Kier alpha value is -2.17. The Labute approximate surface area is 148 Å². The summed E-state index contributed by atoms with van der Waals surface area (Å²) in [6.45, 7) is 0. The molecule has 1 atom stereocenters. The molecule has 0 aliphatic rings. The Bertz CT molecular complexity index is 669. The van der Waals surface area contributed by atoms with Crippen molar-refractivity contribution in [1.82, 2.24) is 4.90 Å². The second kappa shape index (κ2) is 9.21. The highest BCUT2D eigenvalue weighted by molar-refractivity contribution is 6.00. The van der Waals surface area contributed by atoms with E-state index >= 15 is 0 Å². The second-order valence-electron chi connectivity index (χ2n) is 5.60. The minimum Gasteiger partial charge on any atom is -0.465 e. The molecule has 1 unspecified atom stereocenters. The lowest BCUT2D eigenvalue weighted by molar-refractivity contribution is 0.0600. The van der Waals surface area contributed by atoms with Gasteiger partial charge in [-0.25, -0.2) is 4.79 Å². The molecule has 4 nitrogen and oxygen atoms in total. The van der Waals surface area contributed by atoms with Crippen molar-refractivity contribution in [2.75, 3.05) is 21.2 Å². The average Bonchev–Trinajstić information content (AvgIpc) is 2.59. The smallest absolute Gasteiger partial charge is 0.337 e. The molecule has 2 aromatic carbocycles. The number of halogens is 1. The number of carbonyl (C=O) groups is 2. The maximum absolute atomic E-state index is 12.7. The standard InChI is InChI=1S/C19H21NO3.ClH/c1-20(2)17(18(21)15-7-5-4-6-8-15)13-14-9-11-16(12-10-14)19(22)23-3;/h4-12,17H,13H2,1-3H3;1H. The van der Waals surface area contributed by atoms with E-state index in [1.165, 1.54) is 7.11 Å². The van der Waals surface area contributed by atoms with Crippen molar-refractivity contribution >= 4 is 24.2 Å². The monoisotopic (exact) mass is 347 g/mol. The third-order valence-electron chi connectivity index (χ3n) is 3.79. The fourth-order valence-corrected chi connectivity index (χ4v) is 2.42. The Morgan fingerprint density at radius 3 is 2.04 bits per heavy atom. The van der Waals surface area contributed by atoms with Crippen molar-refractivity contribution in [3.8, 4) is 0 Å². The van der Waals surface area contributed by atoms with Crippen LogP contribution in [-0.2, 0) is 11.2 Å². The third-order valence-corrected chi connectivity index (χ3v) is 3.79. The highest BCUT2D eigenvalue weighted by Crippen LogP contribution is 2.14. The number of benzene rings is 2. The van der Waals surface area contributed by atoms with Crippen LogP contribution in [0.5, 0.6) is 0 Å². The Kier molecular flexibility index (Phi) is 7.62. The van der Waals surface area contributed by atoms with E-state index in [4.69, 9.17) is 4.74 Å². The van der Waals surface area contributed by atoms with Crippen LogP contribution in [0.3, 0.4) is 0 Å². The van der Waals surface area contributed by atoms with Gasteiger partial charge >= 0.3 is 5.97 Å². The summed E-state index contributed by atoms with van der Waals surface area (Å²) in [6.07, 6.45) is 0.585. The molecule has 24 heavy (non-hydrogen) atoms. The summed E-state index contributed by atoms with van der Waals surface area (Å²) in [5.74, 6) is -0.270. The number of ether oxygens (including phenoxy) is 1. The lowest BCUT2D eigenvalue weighted by atomic mass is 9.96. The number of rotatable bonds is 6. The van der Waals surface area contributed by atoms with Crippen LogP contribution >= 0.6 is 12.4 Å². The summed E-state index contributed by atoms with van der Waals surface area (Å²) in [7, 11) is 5.15. The van der Waals surface area contributed by atoms with E-state index in [1.54, 1.807) is 12.1 Å². The first-order valence-electron chi connectivity index (χ1n) is 7.46. The molecule has 0 bridgehead atoms. The predicted molar refractivity (Wildman–Crippen MR) is 97.0 cm³/mol. The minimum atomic E-state index is -0.360. The molecular weight excluding hydrogens is 326 g/mol. The normalized spacial score (nSPS) is 11.5. The second-order valence-corrected chi connectivity index (χ2v) is 5.60. The highest BCUT2D eigenvalue weighted by atomic mass is 35.5. The molecule has 0 aliphatic carbocycles. The predicted octanol–water partition coefficient (Wildman–Crippen LogP) is 3.25. The number of nitrogens with zero attached hydrogens (tertiary/aromatic N) is 1. The number of Topliss-reactive ketones (excluding diaryl/α,β-unsaturated/α-hetero) is 1. The van der Waals surface area contributed by atoms with Gasteiger partial charge in [-0.1, -0.05) is 42.5 Å². The lowest BCUT2D eigenvalue weighted by Gasteiger charge is -2.23. The largest absolute Gasteiger partial charge is 0.465 e. The number of methoxy groups -OCH3 is 1. The summed E-state index contributed by atoms with van der Waals surface area (Å²) in [4.78, 5) is 26.1. The van der Waals surface area contributed by atoms with Crippen LogP contribution in [0.15, 0.2) is 54.6 Å². The number of esters is 1. The molecule has 0 N–H and O–H groups in total. The fraction of sp³-hybridized carbons (Fsp3) is 0.263. The topological polar surface area (TPSA) is 46.6 Å². The summed E-state index contributed by atoms with van der Waals surface area (Å²) in [5, 5.41) is 0. The van der Waals surface area contributed by atoms with Gasteiger partial charge in [0.25, 0.3) is 0 Å². The van der Waals surface area contributed by atoms with E-state index in [2.05, 4.69) is 0 Å². The van der Waals surface area contributed by atoms with Gasteiger partial charge in [0.1, 0.15) is 0 Å². The van der Waals surface area contributed by atoms with Crippen LogP contribution in [0.4, 0.5) is 0 Å². The summed E-state index contributed by atoms with van der Waals surface area (Å²) >= 11 is 0. The third kappa shape index (κ3) is 4.91. The Morgan fingerprint density at radius 2 is 1.54 bits per heavy atom. The van der Waals surface area contributed by atoms with Gasteiger partial charge in [-0.05, 0) is 38.2 Å². The Balaban J connectivity index is 0.00000288. The van der Waals surface area contributed by atoms with Crippen LogP contribution < -0.4 is 0 Å². The van der Waals surface area contributed by atoms with Gasteiger partial charge in [0.05, 0.1) is 18.7 Å². The van der Waals surface area contributed by atoms with E-state index in [9.17, 15) is 9.59 Å². The zero-order chi connectivity index (χ0) is 16.8. The van der Waals surface area contributed by atoms with Crippen molar-refractivity contribution in [1.29, 1.82) is 0 Å². The zero-order valence-electron chi connectivity index (χ0n) is 14.1. The van der Waals surface area contributed by atoms with Crippen LogP contribution in [-0.4, -0.2) is 43.9 Å². The lowest BCUT2D eigenvalue weighted by Crippen LogP contribution is -2.37. The van der Waals surface area contributed by atoms with Crippen LogP contribution in [0.2, 0.25) is 0 Å². The van der Waals surface area contributed by atoms with Crippen molar-refractivity contribution in [2.24, 2.45) is 0 Å². The zero-order valence-corrected chi connectivity index (χ0v) is 14.9. The molecule has 0 aliphatic heterocycles. The molecule has 0 heterocycles.